The molecule has 0 radical (unpaired) electrons. The summed E-state index contributed by atoms with van der Waals surface area (Å²) in [5.41, 5.74) is 2.58. The molecule has 0 saturated carbocycles. The summed E-state index contributed by atoms with van der Waals surface area (Å²) < 4.78 is 0. The molecule has 2 aromatic rings. The predicted octanol–water partition coefficient (Wildman–Crippen LogP) is 39.1. The Morgan fingerprint density at radius 2 is 0.270 bits per heavy atom. The Morgan fingerprint density at radius 3 is 0.350 bits per heavy atom. The molecule has 2 aromatic carbocycles. The molecule has 0 heterocycles. The van der Waals surface area contributed by atoms with E-state index in [-0.39, 0.29) is 0 Å². The lowest BCUT2D eigenvalue weighted by Crippen LogP contribution is -1.82. The first kappa shape index (κ1) is 112. The van der Waals surface area contributed by atoms with Gasteiger partial charge in [-0.05, 0) is 17.5 Å². The molecular formula is C100H200. The zero-order chi connectivity index (χ0) is 75.1. The molecule has 0 atom stereocenters. The van der Waals surface area contributed by atoms with Crippen LogP contribution < -0.4 is 0 Å². The Kier molecular flexibility index (Phi) is 135. The third-order valence-corrected chi connectivity index (χ3v) is 19.5. The van der Waals surface area contributed by atoms with Crippen molar-refractivity contribution < 1.29 is 0 Å². The van der Waals surface area contributed by atoms with Gasteiger partial charge in [-0.2, -0.15) is 0 Å². The van der Waals surface area contributed by atoms with Crippen molar-refractivity contribution in [3.05, 3.63) is 78.4 Å². The Hall–Kier alpha value is -1.82. The van der Waals surface area contributed by atoms with E-state index in [1.807, 2.05) is 42.5 Å². The molecule has 0 aromatic heterocycles. The lowest BCUT2D eigenvalue weighted by molar-refractivity contribution is 0.542. The van der Waals surface area contributed by atoms with Gasteiger partial charge in [0.15, 0.2) is 0 Å². The maximum Gasteiger partial charge on any atom is -0.0263 e. The molecule has 0 fully saturated rings. The largest absolute Gasteiger partial charge is 0.0985 e. The van der Waals surface area contributed by atoms with Gasteiger partial charge in [-0.25, -0.2) is 0 Å². The van der Waals surface area contributed by atoms with Crippen molar-refractivity contribution >= 4 is 6.08 Å². The van der Waals surface area contributed by atoms with Gasteiger partial charge in [0.05, 0.1) is 0 Å². The number of hydrogen-bond donors (Lipinski definition) is 0. The van der Waals surface area contributed by atoms with Crippen molar-refractivity contribution in [2.24, 2.45) is 0 Å². The summed E-state index contributed by atoms with van der Waals surface area (Å²) in [6, 6.07) is 20.5. The topological polar surface area (TPSA) is 0 Å². The SMILES string of the molecule is C=Cc1ccccc1.CCCCCCCCC.CCCCCCCCCC.CCCCCCCCCCC.CCCCCCCCCCCC.CCCCCCCCCCCCC.CCCCCCCCCCCCCC.CCCCCCCCCCCCCCC.CCc1ccccc1. The molecular weight excluding hydrogens is 1200 g/mol. The number of aryl methyl sites for hydroxylation is 1. The van der Waals surface area contributed by atoms with Crippen LogP contribution in [0, 0.1) is 0 Å². The average molecular weight is 1400 g/mol. The van der Waals surface area contributed by atoms with Crippen molar-refractivity contribution in [3.63, 3.8) is 0 Å². The van der Waals surface area contributed by atoms with E-state index in [9.17, 15) is 0 Å². The van der Waals surface area contributed by atoms with Crippen LogP contribution in [0.4, 0.5) is 0 Å². The molecule has 0 unspecified atom stereocenters. The number of benzene rings is 2. The maximum absolute atomic E-state index is 3.63. The first-order valence-electron chi connectivity index (χ1n) is 47.0. The fourth-order valence-electron chi connectivity index (χ4n) is 12.2. The van der Waals surface area contributed by atoms with E-state index in [2.05, 4.69) is 135 Å². The van der Waals surface area contributed by atoms with Crippen LogP contribution in [0.15, 0.2) is 67.2 Å². The van der Waals surface area contributed by atoms with Gasteiger partial charge in [-0.1, -0.05) is 627 Å². The Balaban J connectivity index is -0.000000196. The predicted molar refractivity (Wildman–Crippen MR) is 475 cm³/mol. The minimum atomic E-state index is 1.14. The quantitative estimate of drug-likeness (QED) is 0.0579. The van der Waals surface area contributed by atoms with Crippen LogP contribution in [-0.4, -0.2) is 0 Å². The van der Waals surface area contributed by atoms with E-state index in [1.54, 1.807) is 0 Å². The van der Waals surface area contributed by atoms with Gasteiger partial charge in [0, 0.05) is 0 Å². The number of unbranched alkanes of at least 4 members (excludes halogenated alkanes) is 63. The molecule has 0 bridgehead atoms. The van der Waals surface area contributed by atoms with Crippen molar-refractivity contribution in [2.45, 2.75) is 560 Å². The highest BCUT2D eigenvalue weighted by atomic mass is 14.0. The summed E-state index contributed by atoms with van der Waals surface area (Å²) in [5.74, 6) is 0. The zero-order valence-electron chi connectivity index (χ0n) is 73.3. The minimum Gasteiger partial charge on any atom is -0.0985 e. The highest BCUT2D eigenvalue weighted by Crippen LogP contribution is 2.17. The lowest BCUT2D eigenvalue weighted by Gasteiger charge is -2.01. The van der Waals surface area contributed by atoms with E-state index < -0.39 is 0 Å². The molecule has 2 rings (SSSR count). The normalized spacial score (nSPS) is 10.2. The molecule has 0 heteroatoms. The molecule has 0 aliphatic rings. The maximum atomic E-state index is 3.63. The summed E-state index contributed by atoms with van der Waals surface area (Å²) in [7, 11) is 0. The first-order chi connectivity index (χ1) is 49.3. The van der Waals surface area contributed by atoms with Gasteiger partial charge >= 0.3 is 0 Å². The molecule has 0 amide bonds. The van der Waals surface area contributed by atoms with Crippen LogP contribution in [0.3, 0.4) is 0 Å². The monoisotopic (exact) mass is 1400 g/mol. The highest BCUT2D eigenvalue weighted by Gasteiger charge is 1.97. The molecule has 0 aliphatic carbocycles. The third-order valence-electron chi connectivity index (χ3n) is 19.5. The van der Waals surface area contributed by atoms with Crippen molar-refractivity contribution in [1.82, 2.24) is 0 Å². The van der Waals surface area contributed by atoms with Gasteiger partial charge in [0.25, 0.3) is 0 Å². The van der Waals surface area contributed by atoms with Gasteiger partial charge in [-0.15, -0.1) is 0 Å². The Bertz CT molecular complexity index is 1390. The Morgan fingerprint density at radius 1 is 0.160 bits per heavy atom. The molecule has 0 N–H and O–H groups in total. The summed E-state index contributed by atoms with van der Waals surface area (Å²) in [6.07, 6.45) is 104. The minimum absolute atomic E-state index is 1.14. The van der Waals surface area contributed by atoms with E-state index in [1.165, 1.54) is 461 Å². The van der Waals surface area contributed by atoms with Crippen LogP contribution in [0.25, 0.3) is 6.08 Å². The fraction of sp³-hybridized carbons (Fsp3) is 0.860. The molecule has 0 aliphatic heterocycles. The highest BCUT2D eigenvalue weighted by molar-refractivity contribution is 5.45. The van der Waals surface area contributed by atoms with Crippen molar-refractivity contribution in [1.29, 1.82) is 0 Å². The van der Waals surface area contributed by atoms with Gasteiger partial charge in [0.1, 0.15) is 0 Å². The van der Waals surface area contributed by atoms with E-state index in [4.69, 9.17) is 0 Å². The first-order valence-corrected chi connectivity index (χ1v) is 47.0. The third kappa shape index (κ3) is 132. The number of rotatable bonds is 65. The van der Waals surface area contributed by atoms with E-state index >= 15 is 0 Å². The van der Waals surface area contributed by atoms with Crippen molar-refractivity contribution in [2.75, 3.05) is 0 Å². The summed E-state index contributed by atoms with van der Waals surface area (Å²) >= 11 is 0. The van der Waals surface area contributed by atoms with Crippen LogP contribution >= 0.6 is 0 Å². The van der Waals surface area contributed by atoms with Crippen LogP contribution in [0.2, 0.25) is 0 Å². The second-order valence-electron chi connectivity index (χ2n) is 30.3. The van der Waals surface area contributed by atoms with Gasteiger partial charge < -0.3 is 0 Å². The molecule has 100 heavy (non-hydrogen) atoms. The number of hydrogen-bond acceptors (Lipinski definition) is 0. The summed E-state index contributed by atoms with van der Waals surface area (Å²) in [5, 5.41) is 0. The van der Waals surface area contributed by atoms with Gasteiger partial charge in [-0.3, -0.25) is 0 Å². The molecule has 0 saturated heterocycles. The second kappa shape index (κ2) is 121. The smallest absolute Gasteiger partial charge is 0.0263 e. The standard InChI is InChI=1S/C15H32.C14H30.C13H28.C12H26.C11H24.C10H22.C9H20.C8H10.C8H8/c1-3-5-7-9-11-13-15-14-12-10-8-6-4-2;1-3-5-7-9-11-13-14-12-10-8-6-4-2;1-3-5-7-9-11-13-12-10-8-6-4-2;1-3-5-7-9-11-12-10-8-6-4-2;1-3-5-7-9-11-10-8-6-4-2;1-3-5-7-9-10-8-6-4-2;1-3-5-7-9-8-6-4-2;2*1-2-8-6-4-3-5-7-8/h3-15H2,1-2H3;3-14H2,1-2H3;3-13H2,1-2H3;3-12H2,1-2H3;3-11H2,1-2H3;3-10H2,1-2H3;3-9H2,1-2H3;3-7H,2H2,1H3;2-7H,1H2. The summed E-state index contributed by atoms with van der Waals surface area (Å²) in [4.78, 5) is 0. The van der Waals surface area contributed by atoms with Crippen LogP contribution in [-0.2, 0) is 6.42 Å². The van der Waals surface area contributed by atoms with E-state index in [0.717, 1.165) is 6.42 Å². The van der Waals surface area contributed by atoms with Crippen LogP contribution in [0.5, 0.6) is 0 Å². The van der Waals surface area contributed by atoms with Crippen LogP contribution in [0.1, 0.15) is 564 Å². The van der Waals surface area contributed by atoms with E-state index in [0.29, 0.717) is 0 Å². The van der Waals surface area contributed by atoms with Crippen molar-refractivity contribution in [3.8, 4) is 0 Å². The molecule has 0 spiro atoms. The Labute approximate surface area is 640 Å². The molecule has 0 nitrogen and oxygen atoms in total. The second-order valence-corrected chi connectivity index (χ2v) is 30.3. The van der Waals surface area contributed by atoms with Gasteiger partial charge in [0.2, 0.25) is 0 Å². The average Bonchev–Trinajstić information content (AvgIpc) is 1.40. The fourth-order valence-corrected chi connectivity index (χ4v) is 12.2. The zero-order valence-corrected chi connectivity index (χ0v) is 73.3. The summed E-state index contributed by atoms with van der Waals surface area (Å²) in [6.45, 7) is 37.7. The lowest BCUT2D eigenvalue weighted by atomic mass is 10.1. The molecule has 600 valence electrons.